The number of methoxy groups -OCH3 is 1. The Morgan fingerprint density at radius 3 is 2.53 bits per heavy atom. The normalized spacial score (nSPS) is 19.6. The van der Waals surface area contributed by atoms with E-state index in [4.69, 9.17) is 4.74 Å². The highest BCUT2D eigenvalue weighted by Crippen LogP contribution is 2.19. The fraction of sp³-hybridized carbons (Fsp3) is 1.00. The van der Waals surface area contributed by atoms with Crippen molar-refractivity contribution in [2.45, 2.75) is 19.8 Å². The number of ether oxygens (including phenoxy) is 1. The molecule has 0 amide bonds. The molecule has 1 rings (SSSR count). The van der Waals surface area contributed by atoms with E-state index in [0.29, 0.717) is 25.6 Å². The molecule has 1 fully saturated rings. The van der Waals surface area contributed by atoms with Crippen LogP contribution < -0.4 is 5.32 Å². The van der Waals surface area contributed by atoms with Gasteiger partial charge in [0.05, 0.1) is 5.75 Å². The van der Waals surface area contributed by atoms with Crippen LogP contribution >= 0.6 is 0 Å². The average Bonchev–Trinajstić information content (AvgIpc) is 2.30. The van der Waals surface area contributed by atoms with Crippen LogP contribution in [-0.2, 0) is 14.8 Å². The molecule has 1 saturated heterocycles. The third-order valence-electron chi connectivity index (χ3n) is 3.16. The maximum Gasteiger partial charge on any atom is 0.215 e. The third kappa shape index (κ3) is 4.91. The number of piperidine rings is 1. The van der Waals surface area contributed by atoms with E-state index in [1.54, 1.807) is 11.4 Å². The van der Waals surface area contributed by atoms with Crippen molar-refractivity contribution >= 4 is 10.0 Å². The summed E-state index contributed by atoms with van der Waals surface area (Å²) in [6.45, 7) is 5.35. The van der Waals surface area contributed by atoms with Gasteiger partial charge in [-0.15, -0.1) is 0 Å². The zero-order chi connectivity index (χ0) is 12.7. The second-order valence-corrected chi connectivity index (χ2v) is 6.56. The van der Waals surface area contributed by atoms with Crippen LogP contribution in [0.4, 0.5) is 0 Å². The topological polar surface area (TPSA) is 58.6 Å². The molecule has 0 aliphatic carbocycles. The van der Waals surface area contributed by atoms with Gasteiger partial charge in [-0.3, -0.25) is 0 Å². The summed E-state index contributed by atoms with van der Waals surface area (Å²) in [6, 6.07) is 0. The minimum atomic E-state index is -3.06. The van der Waals surface area contributed by atoms with E-state index >= 15 is 0 Å². The summed E-state index contributed by atoms with van der Waals surface area (Å²) in [5.41, 5.74) is 0. The lowest BCUT2D eigenvalue weighted by molar-refractivity contribution is 0.121. The Morgan fingerprint density at radius 2 is 2.00 bits per heavy atom. The molecular weight excluding hydrogens is 240 g/mol. The molecule has 0 bridgehead atoms. The smallest absolute Gasteiger partial charge is 0.215 e. The Kier molecular flexibility index (Phi) is 6.40. The molecule has 6 heteroatoms. The van der Waals surface area contributed by atoms with E-state index in [2.05, 4.69) is 5.32 Å². The fourth-order valence-electron chi connectivity index (χ4n) is 2.10. The van der Waals surface area contributed by atoms with Crippen LogP contribution in [0.1, 0.15) is 19.8 Å². The molecular formula is C11H24N2O3S. The summed E-state index contributed by atoms with van der Waals surface area (Å²) in [5, 5.41) is 3.05. The lowest BCUT2D eigenvalue weighted by atomic mass is 9.99. The van der Waals surface area contributed by atoms with Crippen LogP contribution in [0.5, 0.6) is 0 Å². The van der Waals surface area contributed by atoms with E-state index in [9.17, 15) is 8.42 Å². The van der Waals surface area contributed by atoms with Gasteiger partial charge in [0.25, 0.3) is 0 Å². The zero-order valence-corrected chi connectivity index (χ0v) is 11.6. The van der Waals surface area contributed by atoms with E-state index < -0.39 is 10.0 Å². The Hall–Kier alpha value is -0.170. The van der Waals surface area contributed by atoms with Crippen LogP contribution in [0.3, 0.4) is 0 Å². The second-order valence-electron chi connectivity index (χ2n) is 4.47. The van der Waals surface area contributed by atoms with Gasteiger partial charge in [-0.1, -0.05) is 6.92 Å². The summed E-state index contributed by atoms with van der Waals surface area (Å²) in [4.78, 5) is 0. The first kappa shape index (κ1) is 14.9. The fourth-order valence-corrected chi connectivity index (χ4v) is 3.52. The maximum atomic E-state index is 12.0. The molecule has 0 atom stereocenters. The molecule has 102 valence electrons. The largest absolute Gasteiger partial charge is 0.384 e. The monoisotopic (exact) mass is 264 g/mol. The predicted octanol–water partition coefficient (Wildman–Crippen LogP) is 0.284. The molecule has 1 aliphatic heterocycles. The highest BCUT2D eigenvalue weighted by molar-refractivity contribution is 7.89. The molecule has 0 radical (unpaired) electrons. The summed E-state index contributed by atoms with van der Waals surface area (Å²) >= 11 is 0. The Labute approximate surface area is 105 Å². The van der Waals surface area contributed by atoms with Gasteiger partial charge in [-0.25, -0.2) is 12.7 Å². The minimum Gasteiger partial charge on any atom is -0.384 e. The molecule has 0 unspecified atom stereocenters. The van der Waals surface area contributed by atoms with Gasteiger partial charge >= 0.3 is 0 Å². The predicted molar refractivity (Wildman–Crippen MR) is 68.5 cm³/mol. The summed E-state index contributed by atoms with van der Waals surface area (Å²) in [6.07, 6.45) is 1.82. The van der Waals surface area contributed by atoms with E-state index in [-0.39, 0.29) is 5.75 Å². The van der Waals surface area contributed by atoms with Crippen LogP contribution in [0.15, 0.2) is 0 Å². The van der Waals surface area contributed by atoms with Crippen LogP contribution in [0, 0.1) is 5.92 Å². The Bertz CT molecular complexity index is 298. The zero-order valence-electron chi connectivity index (χ0n) is 10.8. The molecule has 0 aromatic carbocycles. The number of hydrogen-bond donors (Lipinski definition) is 1. The maximum absolute atomic E-state index is 12.0. The molecule has 1 aliphatic rings. The molecule has 0 spiro atoms. The molecule has 17 heavy (non-hydrogen) atoms. The highest BCUT2D eigenvalue weighted by Gasteiger charge is 2.27. The van der Waals surface area contributed by atoms with Crippen molar-refractivity contribution in [3.05, 3.63) is 0 Å². The molecule has 1 heterocycles. The van der Waals surface area contributed by atoms with Gasteiger partial charge in [-0.2, -0.15) is 0 Å². The average molecular weight is 264 g/mol. The van der Waals surface area contributed by atoms with Crippen molar-refractivity contribution in [3.8, 4) is 0 Å². The van der Waals surface area contributed by atoms with E-state index in [1.807, 2.05) is 6.92 Å². The Morgan fingerprint density at radius 1 is 1.35 bits per heavy atom. The van der Waals surface area contributed by atoms with Crippen LogP contribution in [0.25, 0.3) is 0 Å². The molecule has 1 N–H and O–H groups in total. The SMILES string of the molecule is CCNCCS(=O)(=O)N1CCC(COC)CC1. The first-order valence-electron chi connectivity index (χ1n) is 6.27. The lowest BCUT2D eigenvalue weighted by Gasteiger charge is -2.30. The van der Waals surface area contributed by atoms with Crippen LogP contribution in [-0.4, -0.2) is 58.4 Å². The van der Waals surface area contributed by atoms with Gasteiger partial charge in [0, 0.05) is 33.4 Å². The number of nitrogens with zero attached hydrogens (tertiary/aromatic N) is 1. The quantitative estimate of drug-likeness (QED) is 0.671. The minimum absolute atomic E-state index is 0.204. The van der Waals surface area contributed by atoms with Gasteiger partial charge in [0.2, 0.25) is 10.0 Å². The summed E-state index contributed by atoms with van der Waals surface area (Å²) in [7, 11) is -1.37. The summed E-state index contributed by atoms with van der Waals surface area (Å²) < 4.78 is 30.7. The van der Waals surface area contributed by atoms with Crippen molar-refractivity contribution in [2.75, 3.05) is 45.6 Å². The van der Waals surface area contributed by atoms with Gasteiger partial charge in [-0.05, 0) is 25.3 Å². The van der Waals surface area contributed by atoms with Crippen molar-refractivity contribution in [3.63, 3.8) is 0 Å². The third-order valence-corrected chi connectivity index (χ3v) is 5.03. The first-order chi connectivity index (χ1) is 8.10. The Balaban J connectivity index is 2.36. The molecule has 0 aromatic rings. The number of nitrogens with one attached hydrogen (secondary N) is 1. The first-order valence-corrected chi connectivity index (χ1v) is 7.88. The molecule has 5 nitrogen and oxygen atoms in total. The van der Waals surface area contributed by atoms with Crippen molar-refractivity contribution in [1.82, 2.24) is 9.62 Å². The standard InChI is InChI=1S/C11H24N2O3S/c1-3-12-6-9-17(14,15)13-7-4-11(5-8-13)10-16-2/h11-12H,3-10H2,1-2H3. The van der Waals surface area contributed by atoms with Gasteiger partial charge in [0.1, 0.15) is 0 Å². The van der Waals surface area contributed by atoms with Gasteiger partial charge in [0.15, 0.2) is 0 Å². The van der Waals surface area contributed by atoms with E-state index in [0.717, 1.165) is 26.0 Å². The number of sulfonamides is 1. The lowest BCUT2D eigenvalue weighted by Crippen LogP contribution is -2.42. The summed E-state index contributed by atoms with van der Waals surface area (Å²) in [5.74, 6) is 0.718. The molecule has 0 saturated carbocycles. The van der Waals surface area contributed by atoms with Crippen LogP contribution in [0.2, 0.25) is 0 Å². The van der Waals surface area contributed by atoms with E-state index in [1.165, 1.54) is 0 Å². The number of hydrogen-bond acceptors (Lipinski definition) is 4. The van der Waals surface area contributed by atoms with Crippen molar-refractivity contribution in [1.29, 1.82) is 0 Å². The van der Waals surface area contributed by atoms with Crippen molar-refractivity contribution < 1.29 is 13.2 Å². The second kappa shape index (κ2) is 7.31. The highest BCUT2D eigenvalue weighted by atomic mass is 32.2. The van der Waals surface area contributed by atoms with Gasteiger partial charge < -0.3 is 10.1 Å². The number of rotatable bonds is 7. The molecule has 0 aromatic heterocycles. The van der Waals surface area contributed by atoms with Crippen molar-refractivity contribution in [2.24, 2.45) is 5.92 Å².